The third-order valence-electron chi connectivity index (χ3n) is 2.13. The first-order valence-corrected chi connectivity index (χ1v) is 5.69. The Morgan fingerprint density at radius 2 is 1.83 bits per heavy atom. The second-order valence-electron chi connectivity index (χ2n) is 4.95. The van der Waals surface area contributed by atoms with E-state index >= 15 is 0 Å². The number of nitrogens with two attached hydrogens (primary N) is 1. The number of nitrogens with one attached hydrogen (secondary N) is 2. The van der Waals surface area contributed by atoms with Crippen molar-refractivity contribution in [2.45, 2.75) is 33.2 Å². The van der Waals surface area contributed by atoms with Gasteiger partial charge in [-0.1, -0.05) is 20.8 Å². The van der Waals surface area contributed by atoms with Gasteiger partial charge in [0.1, 0.15) is 6.04 Å². The summed E-state index contributed by atoms with van der Waals surface area (Å²) in [6, 6.07) is -1.08. The molecule has 0 aliphatic rings. The van der Waals surface area contributed by atoms with Gasteiger partial charge in [-0.15, -0.1) is 0 Å². The Balaban J connectivity index is 4.63. The molecule has 0 bridgehead atoms. The molecule has 0 fully saturated rings. The molecular formula is C11H21N3O4. The zero-order valence-corrected chi connectivity index (χ0v) is 10.9. The normalized spacial score (nSPS) is 12.7. The number of carboxylic acid groups (broad SMARTS) is 1. The second kappa shape index (κ2) is 6.95. The molecule has 0 saturated carbocycles. The minimum atomic E-state index is -1.16. The van der Waals surface area contributed by atoms with Crippen molar-refractivity contribution in [2.75, 3.05) is 13.1 Å². The Morgan fingerprint density at radius 3 is 2.22 bits per heavy atom. The maximum Gasteiger partial charge on any atom is 0.305 e. The molecule has 0 aliphatic carbocycles. The summed E-state index contributed by atoms with van der Waals surface area (Å²) >= 11 is 0. The van der Waals surface area contributed by atoms with Crippen LogP contribution in [0.4, 0.5) is 0 Å². The van der Waals surface area contributed by atoms with Crippen molar-refractivity contribution in [1.29, 1.82) is 0 Å². The molecule has 0 aliphatic heterocycles. The van der Waals surface area contributed by atoms with Crippen LogP contribution in [0.3, 0.4) is 0 Å². The van der Waals surface area contributed by atoms with Crippen molar-refractivity contribution in [3.63, 3.8) is 0 Å². The van der Waals surface area contributed by atoms with Crippen LogP contribution in [-0.2, 0) is 14.4 Å². The molecule has 2 amide bonds. The van der Waals surface area contributed by atoms with Crippen LogP contribution < -0.4 is 16.4 Å². The predicted molar refractivity (Wildman–Crippen MR) is 65.7 cm³/mol. The van der Waals surface area contributed by atoms with Gasteiger partial charge in [-0.3, -0.25) is 14.4 Å². The van der Waals surface area contributed by atoms with Crippen molar-refractivity contribution >= 4 is 17.8 Å². The Bertz CT molecular complexity index is 323. The molecule has 1 atom stereocenters. The van der Waals surface area contributed by atoms with Gasteiger partial charge in [-0.05, 0) is 0 Å². The number of amides is 2. The van der Waals surface area contributed by atoms with Crippen LogP contribution in [-0.4, -0.2) is 42.0 Å². The van der Waals surface area contributed by atoms with Gasteiger partial charge in [0.2, 0.25) is 11.8 Å². The predicted octanol–water partition coefficient (Wildman–Crippen LogP) is -0.933. The van der Waals surface area contributed by atoms with E-state index in [0.717, 1.165) is 0 Å². The van der Waals surface area contributed by atoms with E-state index in [4.69, 9.17) is 10.8 Å². The highest BCUT2D eigenvalue weighted by molar-refractivity contribution is 5.92. The van der Waals surface area contributed by atoms with Gasteiger partial charge < -0.3 is 21.5 Å². The summed E-state index contributed by atoms with van der Waals surface area (Å²) in [5, 5.41) is 13.6. The first-order valence-electron chi connectivity index (χ1n) is 5.69. The average Bonchev–Trinajstić information content (AvgIpc) is 2.22. The third-order valence-corrected chi connectivity index (χ3v) is 2.13. The lowest BCUT2D eigenvalue weighted by molar-refractivity contribution is -0.141. The van der Waals surface area contributed by atoms with Gasteiger partial charge in [-0.2, -0.15) is 0 Å². The van der Waals surface area contributed by atoms with E-state index in [-0.39, 0.29) is 19.0 Å². The molecular weight excluding hydrogens is 238 g/mol. The van der Waals surface area contributed by atoms with Gasteiger partial charge >= 0.3 is 5.97 Å². The topological polar surface area (TPSA) is 122 Å². The van der Waals surface area contributed by atoms with Crippen LogP contribution in [0.1, 0.15) is 27.2 Å². The number of carbonyl (C=O) groups excluding carboxylic acids is 2. The Kier molecular flexibility index (Phi) is 6.32. The zero-order valence-electron chi connectivity index (χ0n) is 10.9. The van der Waals surface area contributed by atoms with Crippen molar-refractivity contribution < 1.29 is 19.5 Å². The summed E-state index contributed by atoms with van der Waals surface area (Å²) in [5.74, 6) is -2.07. The molecule has 7 heteroatoms. The fourth-order valence-electron chi connectivity index (χ4n) is 1.08. The molecule has 18 heavy (non-hydrogen) atoms. The second-order valence-corrected chi connectivity index (χ2v) is 4.95. The van der Waals surface area contributed by atoms with Crippen molar-refractivity contribution in [3.05, 3.63) is 0 Å². The molecule has 7 nitrogen and oxygen atoms in total. The quantitative estimate of drug-likeness (QED) is 0.491. The van der Waals surface area contributed by atoms with Gasteiger partial charge in [0, 0.05) is 18.5 Å². The molecule has 0 saturated heterocycles. The molecule has 104 valence electrons. The minimum Gasteiger partial charge on any atom is -0.481 e. The SMILES string of the molecule is CC(C)(C)C(=O)NC(CC(=O)O)C(=O)NCCN. The highest BCUT2D eigenvalue weighted by Crippen LogP contribution is 2.13. The summed E-state index contributed by atoms with van der Waals surface area (Å²) in [6.07, 6.45) is -0.460. The van der Waals surface area contributed by atoms with E-state index in [2.05, 4.69) is 10.6 Å². The van der Waals surface area contributed by atoms with Crippen LogP contribution in [0.25, 0.3) is 0 Å². The lowest BCUT2D eigenvalue weighted by atomic mass is 9.95. The molecule has 0 aromatic heterocycles. The fraction of sp³-hybridized carbons (Fsp3) is 0.727. The van der Waals surface area contributed by atoms with Crippen LogP contribution in [0.15, 0.2) is 0 Å². The Morgan fingerprint density at radius 1 is 1.28 bits per heavy atom. The maximum absolute atomic E-state index is 11.7. The standard InChI is InChI=1S/C11H21N3O4/c1-11(2,3)10(18)14-7(6-8(15)16)9(17)13-5-4-12/h7H,4-6,12H2,1-3H3,(H,13,17)(H,14,18)(H,15,16). The van der Waals surface area contributed by atoms with Crippen LogP contribution in [0, 0.1) is 5.41 Å². The Hall–Kier alpha value is -1.63. The van der Waals surface area contributed by atoms with Gasteiger partial charge in [0.25, 0.3) is 0 Å². The molecule has 0 spiro atoms. The summed E-state index contributed by atoms with van der Waals surface area (Å²) in [7, 11) is 0. The highest BCUT2D eigenvalue weighted by atomic mass is 16.4. The van der Waals surface area contributed by atoms with Crippen molar-refractivity contribution in [1.82, 2.24) is 10.6 Å². The molecule has 0 heterocycles. The van der Waals surface area contributed by atoms with E-state index < -0.39 is 29.8 Å². The number of rotatable bonds is 6. The number of carbonyl (C=O) groups is 3. The lowest BCUT2D eigenvalue weighted by Crippen LogP contribution is -2.51. The maximum atomic E-state index is 11.7. The molecule has 0 aromatic carbocycles. The summed E-state index contributed by atoms with van der Waals surface area (Å²) < 4.78 is 0. The van der Waals surface area contributed by atoms with E-state index in [1.165, 1.54) is 0 Å². The Labute approximate surface area is 106 Å². The number of carboxylic acids is 1. The molecule has 1 unspecified atom stereocenters. The largest absolute Gasteiger partial charge is 0.481 e. The van der Waals surface area contributed by atoms with E-state index in [0.29, 0.717) is 0 Å². The lowest BCUT2D eigenvalue weighted by Gasteiger charge is -2.22. The fourth-order valence-corrected chi connectivity index (χ4v) is 1.08. The molecule has 0 aromatic rings. The van der Waals surface area contributed by atoms with Gasteiger partial charge in [-0.25, -0.2) is 0 Å². The van der Waals surface area contributed by atoms with E-state index in [9.17, 15) is 14.4 Å². The monoisotopic (exact) mass is 259 g/mol. The van der Waals surface area contributed by atoms with E-state index in [1.807, 2.05) is 0 Å². The first kappa shape index (κ1) is 16.4. The van der Waals surface area contributed by atoms with Crippen molar-refractivity contribution in [3.8, 4) is 0 Å². The average molecular weight is 259 g/mol. The third kappa shape index (κ3) is 6.19. The van der Waals surface area contributed by atoms with Crippen molar-refractivity contribution in [2.24, 2.45) is 11.1 Å². The summed E-state index contributed by atoms with van der Waals surface area (Å²) in [6.45, 7) is 5.52. The highest BCUT2D eigenvalue weighted by Gasteiger charge is 2.28. The number of aliphatic carboxylic acids is 1. The summed E-state index contributed by atoms with van der Waals surface area (Å²) in [4.78, 5) is 34.0. The zero-order chi connectivity index (χ0) is 14.3. The summed E-state index contributed by atoms with van der Waals surface area (Å²) in [5.41, 5.74) is 4.54. The minimum absolute atomic E-state index is 0.236. The molecule has 5 N–H and O–H groups in total. The van der Waals surface area contributed by atoms with Crippen LogP contribution in [0.2, 0.25) is 0 Å². The number of hydrogen-bond donors (Lipinski definition) is 4. The number of hydrogen-bond acceptors (Lipinski definition) is 4. The molecule has 0 rings (SSSR count). The van der Waals surface area contributed by atoms with Crippen LogP contribution >= 0.6 is 0 Å². The van der Waals surface area contributed by atoms with Gasteiger partial charge in [0.15, 0.2) is 0 Å². The first-order chi connectivity index (χ1) is 8.18. The molecule has 0 radical (unpaired) electrons. The van der Waals surface area contributed by atoms with E-state index in [1.54, 1.807) is 20.8 Å². The van der Waals surface area contributed by atoms with Crippen LogP contribution in [0.5, 0.6) is 0 Å². The smallest absolute Gasteiger partial charge is 0.305 e. The van der Waals surface area contributed by atoms with Gasteiger partial charge in [0.05, 0.1) is 6.42 Å².